The lowest BCUT2D eigenvalue weighted by Gasteiger charge is -2.24. The van der Waals surface area contributed by atoms with Crippen LogP contribution in [0.2, 0.25) is 0 Å². The Hall–Kier alpha value is -0.990. The third-order valence-corrected chi connectivity index (χ3v) is 10.4. The Balaban J connectivity index is 1.00. The Morgan fingerprint density at radius 3 is 1.95 bits per heavy atom. The van der Waals surface area contributed by atoms with E-state index in [2.05, 4.69) is 6.92 Å². The molecule has 2 N–H and O–H groups in total. The third kappa shape index (κ3) is 12.0. The molecule has 0 amide bonds. The quantitative estimate of drug-likeness (QED) is 0.0939. The molecule has 0 unspecified atom stereocenters. The summed E-state index contributed by atoms with van der Waals surface area (Å²) in [6.45, 7) is 4.11. The van der Waals surface area contributed by atoms with Gasteiger partial charge in [-0.2, -0.15) is 0 Å². The zero-order valence-electron chi connectivity index (χ0n) is 28.0. The number of aliphatic hydroxyl groups is 2. The molecule has 0 spiro atoms. The molecule has 7 heteroatoms. The highest BCUT2D eigenvalue weighted by molar-refractivity contribution is 5.90. The van der Waals surface area contributed by atoms with Gasteiger partial charge in [-0.25, -0.2) is 4.79 Å². The van der Waals surface area contributed by atoms with Gasteiger partial charge in [-0.1, -0.05) is 90.4 Å². The first-order chi connectivity index (χ1) is 21.4. The smallest absolute Gasteiger partial charge is 0.334 e. The molecule has 3 saturated heterocycles. The topological polar surface area (TPSA) is 94.5 Å². The number of carbonyl (C=O) groups excluding carboxylic acids is 1. The fraction of sp³-hybridized carbons (Fsp3) is 0.919. The van der Waals surface area contributed by atoms with E-state index in [0.717, 1.165) is 77.0 Å². The van der Waals surface area contributed by atoms with Gasteiger partial charge in [0, 0.05) is 12.0 Å². The maximum absolute atomic E-state index is 11.7. The molecule has 0 aromatic carbocycles. The van der Waals surface area contributed by atoms with E-state index in [1.807, 2.05) is 13.0 Å². The second kappa shape index (κ2) is 19.6. The predicted octanol–water partition coefficient (Wildman–Crippen LogP) is 7.87. The van der Waals surface area contributed by atoms with Crippen LogP contribution in [-0.4, -0.2) is 71.1 Å². The van der Waals surface area contributed by atoms with Crippen molar-refractivity contribution in [2.75, 3.05) is 0 Å². The van der Waals surface area contributed by atoms with Gasteiger partial charge in [0.1, 0.15) is 6.10 Å². The van der Waals surface area contributed by atoms with Crippen molar-refractivity contribution in [3.8, 4) is 0 Å². The number of cyclic esters (lactones) is 1. The molecule has 0 aromatic rings. The number of hydrogen-bond acceptors (Lipinski definition) is 7. The summed E-state index contributed by atoms with van der Waals surface area (Å²) in [5.74, 6) is -0.282. The highest BCUT2D eigenvalue weighted by atomic mass is 16.6. The molecule has 9 atom stereocenters. The number of ether oxygens (including phenoxy) is 4. The monoisotopic (exact) mass is 620 g/mol. The second-order valence-corrected chi connectivity index (χ2v) is 14.3. The van der Waals surface area contributed by atoms with Gasteiger partial charge in [-0.3, -0.25) is 0 Å². The zero-order valence-corrected chi connectivity index (χ0v) is 28.0. The first-order valence-electron chi connectivity index (χ1n) is 18.7. The number of aliphatic hydroxyl groups excluding tert-OH is 2. The number of hydrogen-bond donors (Lipinski definition) is 2. The van der Waals surface area contributed by atoms with E-state index in [-0.39, 0.29) is 48.7 Å². The van der Waals surface area contributed by atoms with Crippen LogP contribution in [0.25, 0.3) is 0 Å². The van der Waals surface area contributed by atoms with E-state index in [4.69, 9.17) is 18.9 Å². The van der Waals surface area contributed by atoms with Crippen molar-refractivity contribution in [2.45, 2.75) is 216 Å². The lowest BCUT2D eigenvalue weighted by Crippen LogP contribution is -2.33. The van der Waals surface area contributed by atoms with E-state index in [1.54, 1.807) is 0 Å². The standard InChI is InChI=1S/C37H64O7/c1-3-4-5-6-7-8-9-10-11-15-18-31(39)32-21-22-35(43-32)36-24-23-34(44-36)33-20-19-30(42-33)17-14-12-13-16-29(38)26-28-25-27(2)41-37(28)40/h25,27,29-36,38-39H,3-24,26H2,1-2H3/t27-,29+,30+,31+,32+,33+,34+,35+,36+/m0/s1. The van der Waals surface area contributed by atoms with Crippen molar-refractivity contribution >= 4 is 5.97 Å². The van der Waals surface area contributed by atoms with Gasteiger partial charge in [-0.15, -0.1) is 0 Å². The second-order valence-electron chi connectivity index (χ2n) is 14.3. The predicted molar refractivity (Wildman–Crippen MR) is 173 cm³/mol. The van der Waals surface area contributed by atoms with E-state index in [9.17, 15) is 15.0 Å². The normalized spacial score (nSPS) is 31.9. The number of esters is 1. The van der Waals surface area contributed by atoms with Crippen LogP contribution in [0.5, 0.6) is 0 Å². The van der Waals surface area contributed by atoms with Crippen LogP contribution in [0.3, 0.4) is 0 Å². The van der Waals surface area contributed by atoms with Gasteiger partial charge in [0.15, 0.2) is 0 Å². The Morgan fingerprint density at radius 1 is 0.705 bits per heavy atom. The maximum Gasteiger partial charge on any atom is 0.334 e. The van der Waals surface area contributed by atoms with Crippen molar-refractivity contribution in [3.05, 3.63) is 11.6 Å². The lowest BCUT2D eigenvalue weighted by atomic mass is 10.0. The maximum atomic E-state index is 11.7. The largest absolute Gasteiger partial charge is 0.455 e. The molecule has 0 radical (unpaired) electrons. The van der Waals surface area contributed by atoms with Gasteiger partial charge in [-0.05, 0) is 70.8 Å². The summed E-state index contributed by atoms with van der Waals surface area (Å²) in [5, 5.41) is 21.1. The van der Waals surface area contributed by atoms with Gasteiger partial charge in [0.25, 0.3) is 0 Å². The van der Waals surface area contributed by atoms with E-state index < -0.39 is 6.10 Å². The van der Waals surface area contributed by atoms with E-state index in [1.165, 1.54) is 57.8 Å². The molecule has 0 aromatic heterocycles. The highest BCUT2D eigenvalue weighted by Crippen LogP contribution is 2.37. The molecule has 7 nitrogen and oxygen atoms in total. The minimum atomic E-state index is -0.481. The van der Waals surface area contributed by atoms with Crippen molar-refractivity contribution < 1.29 is 34.0 Å². The summed E-state index contributed by atoms with van der Waals surface area (Å²) < 4.78 is 24.4. The van der Waals surface area contributed by atoms with Gasteiger partial charge in [0.2, 0.25) is 0 Å². The SMILES string of the molecule is CCCCCCCCCCCC[C@@H](O)[C@H]1CC[C@H]([C@H]2CC[C@H]([C@H]3CC[C@@H](CCCCC[C@@H](O)CC4=C[C@H](C)OC4=O)O3)O2)O1. The molecule has 4 aliphatic rings. The van der Waals surface area contributed by atoms with Crippen molar-refractivity contribution in [1.82, 2.24) is 0 Å². The van der Waals surface area contributed by atoms with Crippen LogP contribution in [0, 0.1) is 0 Å². The fourth-order valence-electron chi connectivity index (χ4n) is 7.79. The van der Waals surface area contributed by atoms with Crippen LogP contribution in [0.1, 0.15) is 162 Å². The fourth-order valence-corrected chi connectivity index (χ4v) is 7.79. The molecule has 3 fully saturated rings. The van der Waals surface area contributed by atoms with Crippen LogP contribution in [-0.2, 0) is 23.7 Å². The van der Waals surface area contributed by atoms with Gasteiger partial charge in [0.05, 0.1) is 48.8 Å². The Morgan fingerprint density at radius 2 is 1.27 bits per heavy atom. The lowest BCUT2D eigenvalue weighted by molar-refractivity contribution is -0.139. The summed E-state index contributed by atoms with van der Waals surface area (Å²) in [6, 6.07) is 0. The van der Waals surface area contributed by atoms with Crippen LogP contribution in [0.15, 0.2) is 11.6 Å². The Kier molecular flexibility index (Phi) is 16.0. The third-order valence-electron chi connectivity index (χ3n) is 10.4. The Labute approximate surface area is 267 Å². The molecule has 44 heavy (non-hydrogen) atoms. The number of rotatable bonds is 22. The summed E-state index contributed by atoms with van der Waals surface area (Å²) in [5.41, 5.74) is 0.614. The summed E-state index contributed by atoms with van der Waals surface area (Å²) in [7, 11) is 0. The molecule has 4 aliphatic heterocycles. The number of carbonyl (C=O) groups is 1. The molecule has 254 valence electrons. The molecular weight excluding hydrogens is 556 g/mol. The van der Waals surface area contributed by atoms with Crippen LogP contribution < -0.4 is 0 Å². The Bertz CT molecular complexity index is 846. The molecule has 4 heterocycles. The zero-order chi connectivity index (χ0) is 31.1. The summed E-state index contributed by atoms with van der Waals surface area (Å²) >= 11 is 0. The van der Waals surface area contributed by atoms with Crippen molar-refractivity contribution in [1.29, 1.82) is 0 Å². The average molecular weight is 621 g/mol. The van der Waals surface area contributed by atoms with Crippen molar-refractivity contribution in [2.24, 2.45) is 0 Å². The van der Waals surface area contributed by atoms with E-state index >= 15 is 0 Å². The van der Waals surface area contributed by atoms with Crippen LogP contribution in [0.4, 0.5) is 0 Å². The molecule has 0 aliphatic carbocycles. The minimum Gasteiger partial charge on any atom is -0.455 e. The van der Waals surface area contributed by atoms with Gasteiger partial charge >= 0.3 is 5.97 Å². The first kappa shape index (κ1) is 35.9. The molecule has 4 rings (SSSR count). The number of unbranched alkanes of at least 4 members (excludes halogenated alkanes) is 11. The summed E-state index contributed by atoms with van der Waals surface area (Å²) in [4.78, 5) is 11.7. The molecular formula is C37H64O7. The van der Waals surface area contributed by atoms with E-state index in [0.29, 0.717) is 24.5 Å². The summed E-state index contributed by atoms with van der Waals surface area (Å²) in [6.07, 6.45) is 27.1. The van der Waals surface area contributed by atoms with Crippen LogP contribution >= 0.6 is 0 Å². The van der Waals surface area contributed by atoms with Gasteiger partial charge < -0.3 is 29.2 Å². The average Bonchev–Trinajstić information content (AvgIpc) is 3.81. The van der Waals surface area contributed by atoms with Crippen molar-refractivity contribution in [3.63, 3.8) is 0 Å². The molecule has 0 bridgehead atoms. The highest BCUT2D eigenvalue weighted by Gasteiger charge is 2.43. The first-order valence-corrected chi connectivity index (χ1v) is 18.7. The molecule has 0 saturated carbocycles. The minimum absolute atomic E-state index is 0.0329.